The molecule has 1 aromatic rings. The van der Waals surface area contributed by atoms with Gasteiger partial charge in [-0.3, -0.25) is 0 Å². The maximum atomic E-state index is 4.74. The van der Waals surface area contributed by atoms with Crippen LogP contribution in [0.15, 0.2) is 5.38 Å². The van der Waals surface area contributed by atoms with E-state index in [1.807, 2.05) is 11.3 Å². The zero-order valence-electron chi connectivity index (χ0n) is 8.96. The molecule has 1 aromatic heterocycles. The second-order valence-electron chi connectivity index (χ2n) is 4.25. The SMILES string of the molecule is CCCc1nc(C2CCCCC2)cs1. The van der Waals surface area contributed by atoms with Crippen LogP contribution < -0.4 is 0 Å². The van der Waals surface area contributed by atoms with E-state index in [-0.39, 0.29) is 0 Å². The van der Waals surface area contributed by atoms with Crippen molar-refractivity contribution in [3.63, 3.8) is 0 Å². The molecule has 2 heteroatoms. The highest BCUT2D eigenvalue weighted by Crippen LogP contribution is 2.33. The highest BCUT2D eigenvalue weighted by Gasteiger charge is 2.17. The molecule has 1 aliphatic rings. The third kappa shape index (κ3) is 2.35. The molecule has 0 aliphatic heterocycles. The fraction of sp³-hybridized carbons (Fsp3) is 0.750. The lowest BCUT2D eigenvalue weighted by molar-refractivity contribution is 0.437. The minimum Gasteiger partial charge on any atom is -0.246 e. The van der Waals surface area contributed by atoms with Gasteiger partial charge in [0.25, 0.3) is 0 Å². The molecule has 2 rings (SSSR count). The van der Waals surface area contributed by atoms with E-state index in [1.54, 1.807) is 0 Å². The van der Waals surface area contributed by atoms with Gasteiger partial charge in [0.2, 0.25) is 0 Å². The summed E-state index contributed by atoms with van der Waals surface area (Å²) >= 11 is 1.86. The molecule has 1 saturated carbocycles. The first kappa shape index (κ1) is 10.2. The summed E-state index contributed by atoms with van der Waals surface area (Å²) in [6, 6.07) is 0. The second-order valence-corrected chi connectivity index (χ2v) is 5.19. The van der Waals surface area contributed by atoms with Crippen LogP contribution in [0.5, 0.6) is 0 Å². The molecule has 0 saturated heterocycles. The van der Waals surface area contributed by atoms with Crippen LogP contribution in [-0.4, -0.2) is 4.98 Å². The van der Waals surface area contributed by atoms with Crippen LogP contribution in [0.3, 0.4) is 0 Å². The number of aryl methyl sites for hydroxylation is 1. The van der Waals surface area contributed by atoms with Gasteiger partial charge in [-0.2, -0.15) is 0 Å². The standard InChI is InChI=1S/C12H19NS/c1-2-6-12-13-11(9-14-12)10-7-4-3-5-8-10/h9-10H,2-8H2,1H3. The molecule has 1 fully saturated rings. The summed E-state index contributed by atoms with van der Waals surface area (Å²) in [5.74, 6) is 0.783. The summed E-state index contributed by atoms with van der Waals surface area (Å²) in [6.45, 7) is 2.22. The smallest absolute Gasteiger partial charge is 0.0928 e. The van der Waals surface area contributed by atoms with Gasteiger partial charge < -0.3 is 0 Å². The first-order valence-electron chi connectivity index (χ1n) is 5.84. The largest absolute Gasteiger partial charge is 0.246 e. The predicted molar refractivity (Wildman–Crippen MR) is 61.9 cm³/mol. The molecule has 14 heavy (non-hydrogen) atoms. The van der Waals surface area contributed by atoms with E-state index in [4.69, 9.17) is 4.98 Å². The fourth-order valence-corrected chi connectivity index (χ4v) is 3.22. The Morgan fingerprint density at radius 3 is 2.86 bits per heavy atom. The molecule has 78 valence electrons. The van der Waals surface area contributed by atoms with Crippen LogP contribution in [0.2, 0.25) is 0 Å². The summed E-state index contributed by atoms with van der Waals surface area (Å²) in [5.41, 5.74) is 1.39. The van der Waals surface area contributed by atoms with Crippen molar-refractivity contribution in [3.8, 4) is 0 Å². The third-order valence-corrected chi connectivity index (χ3v) is 3.98. The van der Waals surface area contributed by atoms with E-state index >= 15 is 0 Å². The molecule has 0 aromatic carbocycles. The number of hydrogen-bond acceptors (Lipinski definition) is 2. The average molecular weight is 209 g/mol. The summed E-state index contributed by atoms with van der Waals surface area (Å²) in [5, 5.41) is 3.63. The molecule has 0 spiro atoms. The summed E-state index contributed by atoms with van der Waals surface area (Å²) < 4.78 is 0. The summed E-state index contributed by atoms with van der Waals surface area (Å²) in [7, 11) is 0. The third-order valence-electron chi connectivity index (χ3n) is 3.06. The van der Waals surface area contributed by atoms with Crippen LogP contribution in [0.1, 0.15) is 62.1 Å². The van der Waals surface area contributed by atoms with Crippen molar-refractivity contribution >= 4 is 11.3 Å². The Balaban J connectivity index is 2.00. The molecule has 0 radical (unpaired) electrons. The Morgan fingerprint density at radius 1 is 1.36 bits per heavy atom. The van der Waals surface area contributed by atoms with Crippen molar-refractivity contribution in [1.29, 1.82) is 0 Å². The molecular weight excluding hydrogens is 190 g/mol. The van der Waals surface area contributed by atoms with Gasteiger partial charge in [-0.15, -0.1) is 11.3 Å². The first-order chi connectivity index (χ1) is 6.90. The summed E-state index contributed by atoms with van der Waals surface area (Å²) in [6.07, 6.45) is 9.37. The predicted octanol–water partition coefficient (Wildman–Crippen LogP) is 4.14. The monoisotopic (exact) mass is 209 g/mol. The van der Waals surface area contributed by atoms with Crippen LogP contribution >= 0.6 is 11.3 Å². The van der Waals surface area contributed by atoms with Gasteiger partial charge in [0.15, 0.2) is 0 Å². The molecule has 0 atom stereocenters. The van der Waals surface area contributed by atoms with Gasteiger partial charge in [-0.1, -0.05) is 26.2 Å². The fourth-order valence-electron chi connectivity index (χ4n) is 2.24. The quantitative estimate of drug-likeness (QED) is 0.729. The van der Waals surface area contributed by atoms with E-state index in [1.165, 1.54) is 49.2 Å². The van der Waals surface area contributed by atoms with Crippen LogP contribution in [0.4, 0.5) is 0 Å². The zero-order chi connectivity index (χ0) is 9.80. The maximum absolute atomic E-state index is 4.74. The number of thiazole rings is 1. The maximum Gasteiger partial charge on any atom is 0.0928 e. The molecule has 0 bridgehead atoms. The van der Waals surface area contributed by atoms with Crippen molar-refractivity contribution in [1.82, 2.24) is 4.98 Å². The Hall–Kier alpha value is -0.370. The minimum absolute atomic E-state index is 0.783. The van der Waals surface area contributed by atoms with Crippen molar-refractivity contribution in [3.05, 3.63) is 16.1 Å². The molecule has 1 nitrogen and oxygen atoms in total. The van der Waals surface area contributed by atoms with Crippen LogP contribution in [-0.2, 0) is 6.42 Å². The molecular formula is C12H19NS. The number of hydrogen-bond donors (Lipinski definition) is 0. The molecule has 0 N–H and O–H groups in total. The lowest BCUT2D eigenvalue weighted by atomic mass is 9.87. The number of nitrogens with zero attached hydrogens (tertiary/aromatic N) is 1. The van der Waals surface area contributed by atoms with Crippen molar-refractivity contribution < 1.29 is 0 Å². The van der Waals surface area contributed by atoms with E-state index < -0.39 is 0 Å². The normalized spacial score (nSPS) is 18.6. The van der Waals surface area contributed by atoms with E-state index in [0.29, 0.717) is 0 Å². The number of rotatable bonds is 3. The molecule has 1 aliphatic carbocycles. The van der Waals surface area contributed by atoms with Gasteiger partial charge in [-0.05, 0) is 25.7 Å². The Morgan fingerprint density at radius 2 is 2.14 bits per heavy atom. The minimum atomic E-state index is 0.783. The lowest BCUT2D eigenvalue weighted by Gasteiger charge is -2.19. The average Bonchev–Trinajstić information content (AvgIpc) is 2.68. The zero-order valence-corrected chi connectivity index (χ0v) is 9.78. The van der Waals surface area contributed by atoms with E-state index in [0.717, 1.165) is 12.3 Å². The van der Waals surface area contributed by atoms with Gasteiger partial charge in [-0.25, -0.2) is 4.98 Å². The van der Waals surface area contributed by atoms with Gasteiger partial charge in [0.05, 0.1) is 10.7 Å². The highest BCUT2D eigenvalue weighted by atomic mass is 32.1. The Kier molecular flexibility index (Phi) is 3.57. The molecule has 0 unspecified atom stereocenters. The second kappa shape index (κ2) is 4.92. The van der Waals surface area contributed by atoms with Crippen molar-refractivity contribution in [2.45, 2.75) is 57.8 Å². The van der Waals surface area contributed by atoms with E-state index in [9.17, 15) is 0 Å². The molecule has 1 heterocycles. The number of aromatic nitrogens is 1. The van der Waals surface area contributed by atoms with Gasteiger partial charge >= 0.3 is 0 Å². The van der Waals surface area contributed by atoms with Crippen molar-refractivity contribution in [2.24, 2.45) is 0 Å². The topological polar surface area (TPSA) is 12.9 Å². The highest BCUT2D eigenvalue weighted by molar-refractivity contribution is 7.09. The van der Waals surface area contributed by atoms with Crippen molar-refractivity contribution in [2.75, 3.05) is 0 Å². The van der Waals surface area contributed by atoms with Gasteiger partial charge in [0.1, 0.15) is 0 Å². The first-order valence-corrected chi connectivity index (χ1v) is 6.72. The Labute approximate surface area is 90.6 Å². The Bertz CT molecular complexity index is 274. The van der Waals surface area contributed by atoms with Crippen LogP contribution in [0.25, 0.3) is 0 Å². The van der Waals surface area contributed by atoms with Crippen LogP contribution in [0, 0.1) is 0 Å². The molecule has 0 amide bonds. The summed E-state index contributed by atoms with van der Waals surface area (Å²) in [4.78, 5) is 4.74. The van der Waals surface area contributed by atoms with Gasteiger partial charge in [0, 0.05) is 11.3 Å². The lowest BCUT2D eigenvalue weighted by Crippen LogP contribution is -2.04. The van der Waals surface area contributed by atoms with E-state index in [2.05, 4.69) is 12.3 Å².